The van der Waals surface area contributed by atoms with E-state index < -0.39 is 0 Å². The Hall–Kier alpha value is -2.81. The number of methoxy groups -OCH3 is 2. The Labute approximate surface area is 281 Å². The largest absolute Gasteiger partial charge is 0.490 e. The van der Waals surface area contributed by atoms with Gasteiger partial charge in [-0.1, -0.05) is 35.9 Å². The minimum Gasteiger partial charge on any atom is -0.490 e. The molecule has 0 radical (unpaired) electrons. The second-order valence-electron chi connectivity index (χ2n) is 13.7. The summed E-state index contributed by atoms with van der Waals surface area (Å²) in [5.41, 5.74) is 4.06. The van der Waals surface area contributed by atoms with Crippen LogP contribution in [-0.2, 0) is 21.3 Å². The van der Waals surface area contributed by atoms with Crippen molar-refractivity contribution in [1.29, 1.82) is 0 Å². The fraction of sp³-hybridized carbons (Fsp3) is 0.541. The molecule has 46 heavy (non-hydrogen) atoms. The molecule has 1 unspecified atom stereocenters. The van der Waals surface area contributed by atoms with Crippen molar-refractivity contribution in [2.75, 3.05) is 38.8 Å². The standard InChI is InChI=1S/C37H44ClN3O4S/c1-43-34(25-6-3-8-29(19-25)46-36-39-16-5-17-40-36)30-12-9-27(30)21-41-22-37(15-4-7-24-18-28(38)11-13-31(24)37)23-45-33-14-10-26(20-32(33)41)35(42)44-2/h5,10-11,13-14,16-18,20,25,27,29-30,34H,3-4,6-9,12,15,19,21-23H2,1-2H3/t25-,27+,29+,30-,34?,37+/m1/s1. The van der Waals surface area contributed by atoms with E-state index in [0.717, 1.165) is 60.4 Å². The van der Waals surface area contributed by atoms with Gasteiger partial charge in [0.2, 0.25) is 0 Å². The van der Waals surface area contributed by atoms with Gasteiger partial charge in [-0.3, -0.25) is 0 Å². The fourth-order valence-electron chi connectivity index (χ4n) is 8.69. The van der Waals surface area contributed by atoms with Crippen molar-refractivity contribution in [2.24, 2.45) is 17.8 Å². The summed E-state index contributed by atoms with van der Waals surface area (Å²) in [5, 5.41) is 2.18. The highest BCUT2D eigenvalue weighted by atomic mass is 35.5. The van der Waals surface area contributed by atoms with Gasteiger partial charge in [0, 0.05) is 48.3 Å². The van der Waals surface area contributed by atoms with Crippen LogP contribution < -0.4 is 9.64 Å². The van der Waals surface area contributed by atoms with Gasteiger partial charge in [0.15, 0.2) is 5.16 Å². The molecular formula is C37H44ClN3O4S. The number of benzene rings is 2. The lowest BCUT2D eigenvalue weighted by molar-refractivity contribution is -0.0587. The molecule has 7 nitrogen and oxygen atoms in total. The van der Waals surface area contributed by atoms with Crippen molar-refractivity contribution in [2.45, 2.75) is 79.7 Å². The average Bonchev–Trinajstić information content (AvgIpc) is 3.22. The molecule has 9 heteroatoms. The number of carbonyl (C=O) groups is 1. The summed E-state index contributed by atoms with van der Waals surface area (Å²) in [5.74, 6) is 2.02. The van der Waals surface area contributed by atoms with Crippen molar-refractivity contribution < 1.29 is 19.0 Å². The topological polar surface area (TPSA) is 73.8 Å². The number of hydrogen-bond acceptors (Lipinski definition) is 8. The second kappa shape index (κ2) is 13.7. The summed E-state index contributed by atoms with van der Waals surface area (Å²) in [4.78, 5) is 24.1. The molecule has 1 aromatic heterocycles. The van der Waals surface area contributed by atoms with Crippen molar-refractivity contribution in [3.63, 3.8) is 0 Å². The van der Waals surface area contributed by atoms with Crippen LogP contribution in [0.2, 0.25) is 5.02 Å². The smallest absolute Gasteiger partial charge is 0.337 e. The van der Waals surface area contributed by atoms with Crippen molar-refractivity contribution in [1.82, 2.24) is 9.97 Å². The molecule has 244 valence electrons. The van der Waals surface area contributed by atoms with Crippen LogP contribution in [0.1, 0.15) is 72.9 Å². The molecule has 3 aliphatic carbocycles. The molecule has 2 fully saturated rings. The van der Waals surface area contributed by atoms with Gasteiger partial charge < -0.3 is 19.1 Å². The van der Waals surface area contributed by atoms with Gasteiger partial charge in [-0.25, -0.2) is 14.8 Å². The highest BCUT2D eigenvalue weighted by molar-refractivity contribution is 7.99. The highest BCUT2D eigenvalue weighted by Crippen LogP contribution is 2.49. The van der Waals surface area contributed by atoms with Crippen LogP contribution in [0.25, 0.3) is 0 Å². The van der Waals surface area contributed by atoms with Gasteiger partial charge in [-0.05, 0) is 117 Å². The van der Waals surface area contributed by atoms with Gasteiger partial charge in [0.25, 0.3) is 0 Å². The lowest BCUT2D eigenvalue weighted by Crippen LogP contribution is -2.51. The van der Waals surface area contributed by atoms with E-state index in [2.05, 4.69) is 27.0 Å². The maximum absolute atomic E-state index is 12.6. The average molecular weight is 662 g/mol. The highest BCUT2D eigenvalue weighted by Gasteiger charge is 2.46. The molecule has 0 saturated heterocycles. The second-order valence-corrected chi connectivity index (χ2v) is 15.4. The zero-order chi connectivity index (χ0) is 31.7. The predicted octanol–water partition coefficient (Wildman–Crippen LogP) is 7.78. The Morgan fingerprint density at radius 2 is 1.98 bits per heavy atom. The van der Waals surface area contributed by atoms with E-state index in [4.69, 9.17) is 25.8 Å². The Morgan fingerprint density at radius 3 is 2.76 bits per heavy atom. The SMILES string of the molecule is COC(=O)c1ccc2c(c1)N(C[C@@H]1CC[C@H]1C(OC)[C@@H]1CCC[C@H](Sc3ncccn3)C1)C[C@@]1(CCCc3cc(Cl)ccc31)CO2. The molecule has 1 aliphatic heterocycles. The van der Waals surface area contributed by atoms with Crippen LogP contribution in [-0.4, -0.2) is 61.2 Å². The number of carbonyl (C=O) groups excluding carboxylic acids is 1. The quantitative estimate of drug-likeness (QED) is 0.179. The number of halogens is 1. The molecule has 4 aliphatic rings. The number of ether oxygens (including phenoxy) is 3. The molecule has 6 atom stereocenters. The third kappa shape index (κ3) is 6.37. The van der Waals surface area contributed by atoms with E-state index in [1.54, 1.807) is 0 Å². The fourth-order valence-corrected chi connectivity index (χ4v) is 10.1. The monoisotopic (exact) mass is 661 g/mol. The van der Waals surface area contributed by atoms with E-state index >= 15 is 0 Å². The Balaban J connectivity index is 1.15. The molecule has 3 aromatic rings. The molecule has 0 N–H and O–H groups in total. The van der Waals surface area contributed by atoms with E-state index in [0.29, 0.717) is 35.2 Å². The number of hydrogen-bond donors (Lipinski definition) is 0. The molecule has 0 bridgehead atoms. The molecule has 2 saturated carbocycles. The number of aromatic nitrogens is 2. The summed E-state index contributed by atoms with van der Waals surface area (Å²) < 4.78 is 18.1. The first-order valence-corrected chi connectivity index (χ1v) is 18.1. The first-order chi connectivity index (χ1) is 22.5. The van der Waals surface area contributed by atoms with Gasteiger partial charge in [0.1, 0.15) is 5.75 Å². The van der Waals surface area contributed by atoms with Crippen molar-refractivity contribution in [3.8, 4) is 5.75 Å². The Bertz CT molecular complexity index is 1540. The minimum atomic E-state index is -0.328. The maximum Gasteiger partial charge on any atom is 0.337 e. The molecular weight excluding hydrogens is 618 g/mol. The number of thioether (sulfide) groups is 1. The number of anilines is 1. The lowest BCUT2D eigenvalue weighted by atomic mass is 9.65. The Morgan fingerprint density at radius 1 is 1.11 bits per heavy atom. The minimum absolute atomic E-state index is 0.157. The van der Waals surface area contributed by atoms with Gasteiger partial charge in [0.05, 0.1) is 31.1 Å². The first kappa shape index (κ1) is 31.8. The summed E-state index contributed by atoms with van der Waals surface area (Å²) in [6.07, 6.45) is 14.2. The van der Waals surface area contributed by atoms with Crippen LogP contribution in [0.4, 0.5) is 5.69 Å². The third-order valence-electron chi connectivity index (χ3n) is 11.0. The summed E-state index contributed by atoms with van der Waals surface area (Å²) in [7, 11) is 3.35. The van der Waals surface area contributed by atoms with Crippen LogP contribution in [0.3, 0.4) is 0 Å². The van der Waals surface area contributed by atoms with Crippen molar-refractivity contribution >= 4 is 35.0 Å². The van der Waals surface area contributed by atoms with Gasteiger partial charge in [-0.15, -0.1) is 0 Å². The lowest BCUT2D eigenvalue weighted by Gasteiger charge is -2.48. The summed E-state index contributed by atoms with van der Waals surface area (Å²) in [6, 6.07) is 14.0. The van der Waals surface area contributed by atoms with E-state index in [-0.39, 0.29) is 17.5 Å². The number of esters is 1. The number of nitrogens with zero attached hydrogens (tertiary/aromatic N) is 3. The predicted molar refractivity (Wildman–Crippen MR) is 182 cm³/mol. The number of rotatable bonds is 8. The van der Waals surface area contributed by atoms with E-state index in [9.17, 15) is 4.79 Å². The maximum atomic E-state index is 12.6. The van der Waals surface area contributed by atoms with Crippen LogP contribution >= 0.6 is 23.4 Å². The van der Waals surface area contributed by atoms with Crippen LogP contribution in [0, 0.1) is 17.8 Å². The molecule has 1 spiro atoms. The molecule has 2 heterocycles. The van der Waals surface area contributed by atoms with Crippen LogP contribution in [0.15, 0.2) is 60.0 Å². The first-order valence-electron chi connectivity index (χ1n) is 16.8. The van der Waals surface area contributed by atoms with E-state index in [1.807, 2.05) is 61.6 Å². The molecule has 7 rings (SSSR count). The van der Waals surface area contributed by atoms with Gasteiger partial charge in [-0.2, -0.15) is 0 Å². The zero-order valence-corrected chi connectivity index (χ0v) is 28.4. The number of aryl methyl sites for hydroxylation is 1. The summed E-state index contributed by atoms with van der Waals surface area (Å²) in [6.45, 7) is 2.34. The van der Waals surface area contributed by atoms with Crippen molar-refractivity contribution in [3.05, 3.63) is 76.6 Å². The summed E-state index contributed by atoms with van der Waals surface area (Å²) >= 11 is 8.29. The molecule has 0 amide bonds. The van der Waals surface area contributed by atoms with E-state index in [1.165, 1.54) is 50.3 Å². The van der Waals surface area contributed by atoms with Crippen LogP contribution in [0.5, 0.6) is 5.75 Å². The third-order valence-corrected chi connectivity index (χ3v) is 12.4. The Kier molecular flexibility index (Phi) is 9.49. The zero-order valence-electron chi connectivity index (χ0n) is 26.8. The normalized spacial score (nSPS) is 27.8. The van der Waals surface area contributed by atoms with Gasteiger partial charge >= 0.3 is 5.97 Å². The number of fused-ring (bicyclic) bond motifs is 3. The molecule has 2 aromatic carbocycles.